The van der Waals surface area contributed by atoms with E-state index in [1.807, 2.05) is 0 Å². The highest BCUT2D eigenvalue weighted by atomic mass is 79.9. The van der Waals surface area contributed by atoms with Crippen LogP contribution in [0, 0.1) is 5.92 Å². The van der Waals surface area contributed by atoms with Gasteiger partial charge in [-0.05, 0) is 50.6 Å². The van der Waals surface area contributed by atoms with Crippen molar-refractivity contribution < 1.29 is 4.74 Å². The van der Waals surface area contributed by atoms with E-state index >= 15 is 0 Å². The van der Waals surface area contributed by atoms with Gasteiger partial charge in [-0.15, -0.1) is 0 Å². The summed E-state index contributed by atoms with van der Waals surface area (Å²) < 4.78 is 7.20. The smallest absolute Gasteiger partial charge is 0.127 e. The summed E-state index contributed by atoms with van der Waals surface area (Å²) in [6.45, 7) is 3.99. The third-order valence-electron chi connectivity index (χ3n) is 4.31. The molecular formula is C15H21BrN2O. The van der Waals surface area contributed by atoms with Gasteiger partial charge in [0.2, 0.25) is 0 Å². The van der Waals surface area contributed by atoms with Crippen LogP contribution in [0.2, 0.25) is 0 Å². The van der Waals surface area contributed by atoms with E-state index in [0.29, 0.717) is 18.1 Å². The monoisotopic (exact) mass is 324 g/mol. The maximum absolute atomic E-state index is 6.04. The highest BCUT2D eigenvalue weighted by molar-refractivity contribution is 9.10. The minimum absolute atomic E-state index is 0.292. The molecule has 1 aromatic rings. The first-order chi connectivity index (χ1) is 9.08. The number of ether oxygens (including phenoxy) is 1. The molecule has 4 heteroatoms. The second kappa shape index (κ2) is 5.08. The van der Waals surface area contributed by atoms with Gasteiger partial charge in [-0.3, -0.25) is 4.90 Å². The number of halogens is 1. The van der Waals surface area contributed by atoms with Gasteiger partial charge in [0.15, 0.2) is 0 Å². The van der Waals surface area contributed by atoms with Gasteiger partial charge in [-0.1, -0.05) is 15.9 Å². The van der Waals surface area contributed by atoms with E-state index in [9.17, 15) is 0 Å². The van der Waals surface area contributed by atoms with E-state index in [4.69, 9.17) is 10.5 Å². The molecule has 0 saturated carbocycles. The molecular weight excluding hydrogens is 304 g/mol. The van der Waals surface area contributed by atoms with Crippen molar-refractivity contribution >= 4 is 15.9 Å². The van der Waals surface area contributed by atoms with E-state index in [2.05, 4.69) is 46.9 Å². The number of rotatable bonds is 2. The van der Waals surface area contributed by atoms with Crippen molar-refractivity contribution in [2.45, 2.75) is 31.9 Å². The lowest BCUT2D eigenvalue weighted by atomic mass is 9.97. The van der Waals surface area contributed by atoms with E-state index in [0.717, 1.165) is 36.2 Å². The van der Waals surface area contributed by atoms with Crippen LogP contribution in [0.5, 0.6) is 5.75 Å². The number of hydrogen-bond acceptors (Lipinski definition) is 3. The SMILES string of the molecule is CC1Cc2cc(Br)cc(C3CC(CN)CN3C)c2O1. The number of likely N-dealkylation sites (tertiary alicyclic amines) is 1. The van der Waals surface area contributed by atoms with E-state index in [1.165, 1.54) is 11.1 Å². The fourth-order valence-corrected chi connectivity index (χ4v) is 3.93. The Kier molecular flexibility index (Phi) is 3.58. The number of hydrogen-bond donors (Lipinski definition) is 1. The fourth-order valence-electron chi connectivity index (χ4n) is 3.41. The molecule has 3 unspecified atom stereocenters. The molecule has 1 fully saturated rings. The molecule has 0 amide bonds. The summed E-state index contributed by atoms with van der Waals surface area (Å²) >= 11 is 3.64. The summed E-state index contributed by atoms with van der Waals surface area (Å²) in [6.07, 6.45) is 2.44. The molecule has 0 aromatic heterocycles. The normalized spacial score (nSPS) is 30.4. The van der Waals surface area contributed by atoms with Gasteiger partial charge < -0.3 is 10.5 Å². The zero-order chi connectivity index (χ0) is 13.6. The van der Waals surface area contributed by atoms with Crippen LogP contribution >= 0.6 is 15.9 Å². The third kappa shape index (κ3) is 2.41. The Hall–Kier alpha value is -0.580. The highest BCUT2D eigenvalue weighted by Crippen LogP contribution is 2.44. The van der Waals surface area contributed by atoms with Gasteiger partial charge in [0.05, 0.1) is 0 Å². The second-order valence-electron chi connectivity index (χ2n) is 5.91. The number of nitrogens with zero attached hydrogens (tertiary/aromatic N) is 1. The molecule has 2 heterocycles. The fraction of sp³-hybridized carbons (Fsp3) is 0.600. The molecule has 3 nitrogen and oxygen atoms in total. The quantitative estimate of drug-likeness (QED) is 0.909. The van der Waals surface area contributed by atoms with Crippen LogP contribution in [0.15, 0.2) is 16.6 Å². The first kappa shape index (κ1) is 13.4. The largest absolute Gasteiger partial charge is 0.490 e. The molecule has 1 aromatic carbocycles. The summed E-state index contributed by atoms with van der Waals surface area (Å²) in [7, 11) is 2.19. The Labute approximate surface area is 123 Å². The first-order valence-electron chi connectivity index (χ1n) is 6.97. The van der Waals surface area contributed by atoms with Crippen LogP contribution in [-0.2, 0) is 6.42 Å². The molecule has 2 aliphatic rings. The van der Waals surface area contributed by atoms with Crippen molar-refractivity contribution in [2.75, 3.05) is 20.1 Å². The molecule has 2 aliphatic heterocycles. The Morgan fingerprint density at radius 1 is 1.47 bits per heavy atom. The highest BCUT2D eigenvalue weighted by Gasteiger charge is 2.34. The van der Waals surface area contributed by atoms with E-state index in [1.54, 1.807) is 0 Å². The van der Waals surface area contributed by atoms with Crippen molar-refractivity contribution in [1.82, 2.24) is 4.90 Å². The predicted octanol–water partition coefficient (Wildman–Crippen LogP) is 2.72. The Morgan fingerprint density at radius 3 is 2.95 bits per heavy atom. The van der Waals surface area contributed by atoms with Crippen molar-refractivity contribution in [3.63, 3.8) is 0 Å². The molecule has 0 aliphatic carbocycles. The van der Waals surface area contributed by atoms with Gasteiger partial charge in [0.1, 0.15) is 11.9 Å². The number of fused-ring (bicyclic) bond motifs is 1. The topological polar surface area (TPSA) is 38.5 Å². The van der Waals surface area contributed by atoms with Crippen LogP contribution in [0.1, 0.15) is 30.5 Å². The van der Waals surface area contributed by atoms with Crippen LogP contribution in [0.3, 0.4) is 0 Å². The second-order valence-corrected chi connectivity index (χ2v) is 6.82. The van der Waals surface area contributed by atoms with Crippen molar-refractivity contribution in [2.24, 2.45) is 11.7 Å². The Morgan fingerprint density at radius 2 is 2.26 bits per heavy atom. The van der Waals surface area contributed by atoms with Gasteiger partial charge in [0.25, 0.3) is 0 Å². The minimum atomic E-state index is 0.292. The number of nitrogens with two attached hydrogens (primary N) is 1. The average Bonchev–Trinajstić information content (AvgIpc) is 2.90. The van der Waals surface area contributed by atoms with Crippen LogP contribution in [0.25, 0.3) is 0 Å². The van der Waals surface area contributed by atoms with Crippen molar-refractivity contribution in [3.8, 4) is 5.75 Å². The summed E-state index contributed by atoms with van der Waals surface area (Å²) in [5.74, 6) is 1.72. The number of benzene rings is 1. The molecule has 19 heavy (non-hydrogen) atoms. The van der Waals surface area contributed by atoms with Gasteiger partial charge >= 0.3 is 0 Å². The van der Waals surface area contributed by atoms with Crippen LogP contribution in [-0.4, -0.2) is 31.1 Å². The molecule has 0 spiro atoms. The Balaban J connectivity index is 1.97. The summed E-state index contributed by atoms with van der Waals surface area (Å²) in [4.78, 5) is 2.41. The van der Waals surface area contributed by atoms with E-state index in [-0.39, 0.29) is 0 Å². The Bertz CT molecular complexity index is 491. The molecule has 1 saturated heterocycles. The standard InChI is InChI=1S/C15H21BrN2O/c1-9-3-11-5-12(16)6-13(15(11)19-9)14-4-10(7-17)8-18(14)2/h5-6,9-10,14H,3-4,7-8,17H2,1-2H3. The minimum Gasteiger partial charge on any atom is -0.490 e. The lowest BCUT2D eigenvalue weighted by molar-refractivity contribution is 0.242. The zero-order valence-electron chi connectivity index (χ0n) is 11.5. The molecule has 104 valence electrons. The maximum Gasteiger partial charge on any atom is 0.127 e. The molecule has 0 bridgehead atoms. The van der Waals surface area contributed by atoms with Crippen LogP contribution < -0.4 is 10.5 Å². The third-order valence-corrected chi connectivity index (χ3v) is 4.77. The molecule has 3 atom stereocenters. The van der Waals surface area contributed by atoms with Gasteiger partial charge in [-0.2, -0.15) is 0 Å². The lowest BCUT2D eigenvalue weighted by Crippen LogP contribution is -2.21. The lowest BCUT2D eigenvalue weighted by Gasteiger charge is -2.22. The maximum atomic E-state index is 6.04. The first-order valence-corrected chi connectivity index (χ1v) is 7.77. The summed E-state index contributed by atoms with van der Waals surface area (Å²) in [6, 6.07) is 4.85. The molecule has 0 radical (unpaired) electrons. The molecule has 2 N–H and O–H groups in total. The summed E-state index contributed by atoms with van der Waals surface area (Å²) in [5.41, 5.74) is 8.49. The molecule has 3 rings (SSSR count). The van der Waals surface area contributed by atoms with E-state index < -0.39 is 0 Å². The van der Waals surface area contributed by atoms with Gasteiger partial charge in [0, 0.05) is 29.0 Å². The van der Waals surface area contributed by atoms with Gasteiger partial charge in [-0.25, -0.2) is 0 Å². The average molecular weight is 325 g/mol. The van der Waals surface area contributed by atoms with Crippen LogP contribution in [0.4, 0.5) is 0 Å². The summed E-state index contributed by atoms with van der Waals surface area (Å²) in [5, 5.41) is 0. The zero-order valence-corrected chi connectivity index (χ0v) is 13.1. The predicted molar refractivity (Wildman–Crippen MR) is 80.5 cm³/mol. The van der Waals surface area contributed by atoms with Crippen molar-refractivity contribution in [1.29, 1.82) is 0 Å². The van der Waals surface area contributed by atoms with Crippen molar-refractivity contribution in [3.05, 3.63) is 27.7 Å².